The number of halogens is 2. The monoisotopic (exact) mass is 464 g/mol. The van der Waals surface area contributed by atoms with Gasteiger partial charge in [0, 0.05) is 36.8 Å². The van der Waals surface area contributed by atoms with E-state index in [2.05, 4.69) is 27.4 Å². The Balaban J connectivity index is 0.00000288. The Kier molecular flexibility index (Phi) is 9.43. The van der Waals surface area contributed by atoms with Crippen molar-refractivity contribution < 1.29 is 4.79 Å². The van der Waals surface area contributed by atoms with Crippen LogP contribution in [0.4, 0.5) is 5.69 Å². The maximum atomic E-state index is 12.1. The van der Waals surface area contributed by atoms with Crippen LogP contribution in [0.3, 0.4) is 0 Å². The summed E-state index contributed by atoms with van der Waals surface area (Å²) in [4.78, 5) is 18.9. The van der Waals surface area contributed by atoms with Crippen LogP contribution in [0.15, 0.2) is 23.2 Å². The first-order valence-electron chi connectivity index (χ1n) is 8.20. The Hall–Kier alpha value is -1.02. The summed E-state index contributed by atoms with van der Waals surface area (Å²) in [5.41, 5.74) is 1.65. The molecule has 1 aromatic carbocycles. The van der Waals surface area contributed by atoms with Crippen LogP contribution < -0.4 is 10.6 Å². The fourth-order valence-corrected chi connectivity index (χ4v) is 2.75. The summed E-state index contributed by atoms with van der Waals surface area (Å²) in [6, 6.07) is 5.51. The Morgan fingerprint density at radius 3 is 2.71 bits per heavy atom. The minimum atomic E-state index is -0.0450. The smallest absolute Gasteiger partial charge is 0.226 e. The zero-order valence-corrected chi connectivity index (χ0v) is 17.4. The van der Waals surface area contributed by atoms with Crippen LogP contribution in [0, 0.1) is 6.92 Å². The molecule has 1 saturated heterocycles. The second kappa shape index (κ2) is 10.8. The number of rotatable bonds is 5. The maximum absolute atomic E-state index is 12.1. The molecule has 0 aliphatic carbocycles. The molecule has 5 nitrogen and oxygen atoms in total. The molecule has 0 radical (unpaired) electrons. The van der Waals surface area contributed by atoms with Gasteiger partial charge in [-0.15, -0.1) is 24.0 Å². The number of hydrogen-bond donors (Lipinski definition) is 2. The van der Waals surface area contributed by atoms with Crippen molar-refractivity contribution in [1.82, 2.24) is 10.2 Å². The number of carbonyl (C=O) groups is 1. The number of guanidine groups is 1. The molecule has 1 amide bonds. The Morgan fingerprint density at radius 2 is 2.04 bits per heavy atom. The number of benzene rings is 1. The van der Waals surface area contributed by atoms with E-state index in [4.69, 9.17) is 11.6 Å². The fraction of sp³-hybridized carbons (Fsp3) is 0.529. The molecule has 0 unspecified atom stereocenters. The first kappa shape index (κ1) is 21.0. The first-order chi connectivity index (χ1) is 11.1. The Labute approximate surface area is 166 Å². The number of amides is 1. The van der Waals surface area contributed by atoms with Gasteiger partial charge in [0.25, 0.3) is 0 Å². The van der Waals surface area contributed by atoms with Gasteiger partial charge in [-0.3, -0.25) is 9.79 Å². The Morgan fingerprint density at radius 1 is 1.33 bits per heavy atom. The van der Waals surface area contributed by atoms with Crippen molar-refractivity contribution in [2.45, 2.75) is 33.1 Å². The van der Waals surface area contributed by atoms with Gasteiger partial charge in [0.1, 0.15) is 0 Å². The second-order valence-corrected chi connectivity index (χ2v) is 6.05. The van der Waals surface area contributed by atoms with Crippen LogP contribution >= 0.6 is 35.6 Å². The number of nitrogens with zero attached hydrogens (tertiary/aromatic N) is 2. The molecule has 0 aromatic heterocycles. The average molecular weight is 465 g/mol. The van der Waals surface area contributed by atoms with Crippen LogP contribution in [-0.2, 0) is 4.79 Å². The largest absolute Gasteiger partial charge is 0.357 e. The standard InChI is InChI=1S/C17H25ClN4O.HI/c1-3-19-17(22-11-4-5-12-22)20-10-9-16(23)21-15-8-6-7-14(18)13(15)2;/h6-8H,3-5,9-12H2,1-2H3,(H,19,20)(H,21,23);1H. The lowest BCUT2D eigenvalue weighted by molar-refractivity contribution is -0.116. The molecule has 2 rings (SSSR count). The lowest BCUT2D eigenvalue weighted by Gasteiger charge is -2.20. The van der Waals surface area contributed by atoms with Crippen molar-refractivity contribution >= 4 is 53.1 Å². The SMILES string of the molecule is CCNC(=NCCC(=O)Nc1cccc(Cl)c1C)N1CCCC1.I. The molecule has 1 aliphatic rings. The predicted octanol–water partition coefficient (Wildman–Crippen LogP) is 3.66. The van der Waals surface area contributed by atoms with Gasteiger partial charge < -0.3 is 15.5 Å². The third kappa shape index (κ3) is 6.12. The fourth-order valence-electron chi connectivity index (χ4n) is 2.57. The molecule has 24 heavy (non-hydrogen) atoms. The third-order valence-electron chi connectivity index (χ3n) is 3.88. The van der Waals surface area contributed by atoms with E-state index in [9.17, 15) is 4.79 Å². The van der Waals surface area contributed by atoms with Gasteiger partial charge in [0.2, 0.25) is 5.91 Å². The number of carbonyl (C=O) groups excluding carboxylic acids is 1. The summed E-state index contributed by atoms with van der Waals surface area (Å²) in [5, 5.41) is 6.85. The van der Waals surface area contributed by atoms with Crippen LogP contribution in [0.2, 0.25) is 5.02 Å². The molecule has 1 heterocycles. The van der Waals surface area contributed by atoms with Gasteiger partial charge in [-0.05, 0) is 44.4 Å². The average Bonchev–Trinajstić information content (AvgIpc) is 3.05. The van der Waals surface area contributed by atoms with Crippen LogP contribution in [0.5, 0.6) is 0 Å². The molecule has 1 aromatic rings. The topological polar surface area (TPSA) is 56.7 Å². The van der Waals surface area contributed by atoms with Gasteiger partial charge in [-0.2, -0.15) is 0 Å². The molecule has 1 aliphatic heterocycles. The minimum Gasteiger partial charge on any atom is -0.357 e. The van der Waals surface area contributed by atoms with Crippen molar-refractivity contribution in [2.75, 3.05) is 31.5 Å². The molecule has 0 atom stereocenters. The number of likely N-dealkylation sites (tertiary alicyclic amines) is 1. The van der Waals surface area contributed by atoms with Gasteiger partial charge in [0.05, 0.1) is 6.54 Å². The van der Waals surface area contributed by atoms with Crippen molar-refractivity contribution in [2.24, 2.45) is 4.99 Å². The zero-order valence-electron chi connectivity index (χ0n) is 14.3. The van der Waals surface area contributed by atoms with Gasteiger partial charge in [-0.1, -0.05) is 17.7 Å². The summed E-state index contributed by atoms with van der Waals surface area (Å²) in [5.74, 6) is 0.869. The predicted molar refractivity (Wildman–Crippen MR) is 112 cm³/mol. The van der Waals surface area contributed by atoms with Crippen molar-refractivity contribution in [3.05, 3.63) is 28.8 Å². The minimum absolute atomic E-state index is 0. The van der Waals surface area contributed by atoms with Crippen LogP contribution in [0.25, 0.3) is 0 Å². The number of nitrogens with one attached hydrogen (secondary N) is 2. The van der Waals surface area contributed by atoms with Crippen molar-refractivity contribution in [3.63, 3.8) is 0 Å². The lowest BCUT2D eigenvalue weighted by atomic mass is 10.2. The summed E-state index contributed by atoms with van der Waals surface area (Å²) < 4.78 is 0. The van der Waals surface area contributed by atoms with Crippen LogP contribution in [-0.4, -0.2) is 42.9 Å². The lowest BCUT2D eigenvalue weighted by Crippen LogP contribution is -2.39. The summed E-state index contributed by atoms with van der Waals surface area (Å²) >= 11 is 6.06. The highest BCUT2D eigenvalue weighted by atomic mass is 127. The first-order valence-corrected chi connectivity index (χ1v) is 8.58. The molecular weight excluding hydrogens is 439 g/mol. The van der Waals surface area contributed by atoms with E-state index in [1.165, 1.54) is 12.8 Å². The van der Waals surface area contributed by atoms with Gasteiger partial charge in [-0.25, -0.2) is 0 Å². The number of aliphatic imine (C=N–C) groups is 1. The molecule has 1 fully saturated rings. The zero-order chi connectivity index (χ0) is 16.7. The van der Waals surface area contributed by atoms with E-state index in [-0.39, 0.29) is 29.9 Å². The molecule has 0 bridgehead atoms. The number of anilines is 1. The van der Waals surface area contributed by atoms with E-state index in [1.54, 1.807) is 0 Å². The summed E-state index contributed by atoms with van der Waals surface area (Å²) in [7, 11) is 0. The highest BCUT2D eigenvalue weighted by Gasteiger charge is 2.15. The van der Waals surface area contributed by atoms with Gasteiger partial charge >= 0.3 is 0 Å². The van der Waals surface area contributed by atoms with Crippen molar-refractivity contribution in [3.8, 4) is 0 Å². The highest BCUT2D eigenvalue weighted by molar-refractivity contribution is 14.0. The van der Waals surface area contributed by atoms with E-state index < -0.39 is 0 Å². The summed E-state index contributed by atoms with van der Waals surface area (Å²) in [6.07, 6.45) is 2.77. The maximum Gasteiger partial charge on any atom is 0.226 e. The normalized spacial score (nSPS) is 14.3. The van der Waals surface area contributed by atoms with Crippen LogP contribution in [0.1, 0.15) is 31.7 Å². The van der Waals surface area contributed by atoms with E-state index in [1.807, 2.05) is 25.1 Å². The van der Waals surface area contributed by atoms with E-state index in [0.29, 0.717) is 18.0 Å². The third-order valence-corrected chi connectivity index (χ3v) is 4.29. The van der Waals surface area contributed by atoms with Crippen molar-refractivity contribution in [1.29, 1.82) is 0 Å². The van der Waals surface area contributed by atoms with E-state index in [0.717, 1.165) is 36.8 Å². The molecule has 2 N–H and O–H groups in total. The van der Waals surface area contributed by atoms with Gasteiger partial charge in [0.15, 0.2) is 5.96 Å². The van der Waals surface area contributed by atoms with E-state index >= 15 is 0 Å². The molecule has 7 heteroatoms. The highest BCUT2D eigenvalue weighted by Crippen LogP contribution is 2.22. The quantitative estimate of drug-likeness (QED) is 0.397. The number of hydrogen-bond acceptors (Lipinski definition) is 2. The molecule has 0 spiro atoms. The second-order valence-electron chi connectivity index (χ2n) is 5.64. The molecule has 134 valence electrons. The molecular formula is C17H26ClIN4O. The summed E-state index contributed by atoms with van der Waals surface area (Å²) in [6.45, 7) is 7.35. The Bertz CT molecular complexity index is 574. The molecule has 0 saturated carbocycles.